The first-order chi connectivity index (χ1) is 23.0. The van der Waals surface area contributed by atoms with Crippen LogP contribution in [0.1, 0.15) is 43.7 Å². The summed E-state index contributed by atoms with van der Waals surface area (Å²) in [6.45, 7) is 1.93. The number of hydrogen-bond acceptors (Lipinski definition) is 6. The number of nitrogens with zero attached hydrogens (tertiary/aromatic N) is 1. The van der Waals surface area contributed by atoms with Gasteiger partial charge in [-0.05, 0) is 45.5 Å². The summed E-state index contributed by atoms with van der Waals surface area (Å²) in [5.74, 6) is -4.22. The second kappa shape index (κ2) is 16.5. The number of primary amides is 1. The van der Waals surface area contributed by atoms with Crippen molar-refractivity contribution in [3.05, 3.63) is 96.1 Å². The molecule has 0 bridgehead atoms. The van der Waals surface area contributed by atoms with E-state index in [1.54, 1.807) is 0 Å². The molecular weight excluding hydrogens is 610 g/mol. The lowest BCUT2D eigenvalue weighted by Gasteiger charge is -2.31. The number of amides is 4. The number of hydrogen-bond donors (Lipinski definition) is 5. The number of carboxylic acids is 1. The van der Waals surface area contributed by atoms with Gasteiger partial charge >= 0.3 is 5.97 Å². The van der Waals surface area contributed by atoms with E-state index in [4.69, 9.17) is 11.5 Å². The highest BCUT2D eigenvalue weighted by molar-refractivity contribution is 5.96. The Morgan fingerprint density at radius 3 is 1.81 bits per heavy atom. The van der Waals surface area contributed by atoms with Gasteiger partial charge in [0, 0.05) is 13.5 Å². The Morgan fingerprint density at radius 1 is 0.750 bits per heavy atom. The number of aliphatic carboxylic acids is 1. The molecule has 0 saturated heterocycles. The Labute approximate surface area is 279 Å². The summed E-state index contributed by atoms with van der Waals surface area (Å²) < 4.78 is 0. The molecule has 4 atom stereocenters. The van der Waals surface area contributed by atoms with Gasteiger partial charge in [0.2, 0.25) is 23.6 Å². The molecule has 0 radical (unpaired) electrons. The molecule has 0 unspecified atom stereocenters. The average molecular weight is 654 g/mol. The molecular formula is C37H43N5O6. The van der Waals surface area contributed by atoms with E-state index in [2.05, 4.69) is 10.6 Å². The fourth-order valence-corrected chi connectivity index (χ4v) is 5.95. The lowest BCUT2D eigenvalue weighted by atomic mass is 9.97. The van der Waals surface area contributed by atoms with Crippen molar-refractivity contribution in [2.24, 2.45) is 11.5 Å². The van der Waals surface area contributed by atoms with Crippen LogP contribution < -0.4 is 22.1 Å². The maximum atomic E-state index is 13.7. The van der Waals surface area contributed by atoms with Gasteiger partial charge in [-0.2, -0.15) is 0 Å². The molecule has 0 fully saturated rings. The highest BCUT2D eigenvalue weighted by Gasteiger charge is 2.34. The van der Waals surface area contributed by atoms with Crippen molar-refractivity contribution < 1.29 is 29.1 Å². The molecule has 0 saturated carbocycles. The molecule has 0 aliphatic rings. The number of nitrogens with two attached hydrogens (primary N) is 2. The van der Waals surface area contributed by atoms with E-state index in [1.165, 1.54) is 11.9 Å². The van der Waals surface area contributed by atoms with Gasteiger partial charge in [-0.1, -0.05) is 105 Å². The molecule has 0 aliphatic carbocycles. The van der Waals surface area contributed by atoms with Crippen LogP contribution in [0.2, 0.25) is 0 Å². The average Bonchev–Trinajstić information content (AvgIpc) is 3.07. The maximum absolute atomic E-state index is 13.7. The summed E-state index contributed by atoms with van der Waals surface area (Å²) in [5.41, 5.74) is 13.7. The van der Waals surface area contributed by atoms with E-state index < -0.39 is 60.2 Å². The number of unbranched alkanes of at least 4 members (excludes halogenated alkanes) is 1. The van der Waals surface area contributed by atoms with E-state index in [0.29, 0.717) is 6.42 Å². The molecule has 0 aromatic heterocycles. The number of rotatable bonds is 16. The van der Waals surface area contributed by atoms with Crippen molar-refractivity contribution in [2.45, 2.75) is 69.6 Å². The summed E-state index contributed by atoms with van der Waals surface area (Å²) >= 11 is 0. The monoisotopic (exact) mass is 653 g/mol. The molecule has 4 aromatic rings. The van der Waals surface area contributed by atoms with Crippen LogP contribution >= 0.6 is 0 Å². The van der Waals surface area contributed by atoms with Gasteiger partial charge in [0.1, 0.15) is 18.1 Å². The highest BCUT2D eigenvalue weighted by Crippen LogP contribution is 2.22. The maximum Gasteiger partial charge on any atom is 0.305 e. The number of benzene rings is 4. The van der Waals surface area contributed by atoms with Crippen LogP contribution in [0.5, 0.6) is 0 Å². The predicted molar refractivity (Wildman–Crippen MR) is 185 cm³/mol. The number of carbonyl (C=O) groups is 5. The van der Waals surface area contributed by atoms with Crippen LogP contribution in [0.25, 0.3) is 21.5 Å². The normalized spacial score (nSPS) is 13.6. The van der Waals surface area contributed by atoms with Gasteiger partial charge < -0.3 is 32.1 Å². The largest absolute Gasteiger partial charge is 0.481 e. The van der Waals surface area contributed by atoms with Crippen molar-refractivity contribution in [3.8, 4) is 0 Å². The number of carbonyl (C=O) groups excluding carboxylic acids is 4. The highest BCUT2D eigenvalue weighted by atomic mass is 16.4. The first-order valence-electron chi connectivity index (χ1n) is 16.1. The van der Waals surface area contributed by atoms with E-state index in [-0.39, 0.29) is 19.3 Å². The lowest BCUT2D eigenvalue weighted by molar-refractivity contribution is -0.143. The zero-order valence-corrected chi connectivity index (χ0v) is 27.2. The van der Waals surface area contributed by atoms with Crippen LogP contribution in [-0.4, -0.2) is 70.8 Å². The quantitative estimate of drug-likeness (QED) is 0.123. The van der Waals surface area contributed by atoms with Crippen molar-refractivity contribution in [2.75, 3.05) is 7.05 Å². The molecule has 4 rings (SSSR count). The lowest BCUT2D eigenvalue weighted by Crippen LogP contribution is -2.58. The molecule has 11 heteroatoms. The predicted octanol–water partition coefficient (Wildman–Crippen LogP) is 3.05. The van der Waals surface area contributed by atoms with Gasteiger partial charge in [-0.15, -0.1) is 0 Å². The van der Waals surface area contributed by atoms with Crippen LogP contribution in [0.4, 0.5) is 0 Å². The Bertz CT molecular complexity index is 1780. The minimum absolute atomic E-state index is 0.0567. The van der Waals surface area contributed by atoms with Gasteiger partial charge in [-0.25, -0.2) is 0 Å². The smallest absolute Gasteiger partial charge is 0.305 e. The van der Waals surface area contributed by atoms with Crippen LogP contribution in [0, 0.1) is 0 Å². The third-order valence-electron chi connectivity index (χ3n) is 8.56. The standard InChI is InChI=1S/C37H43N5O6/c1-3-4-19-32(42(2)37(48)29(38)20-25-15-9-13-23-11-5-7-17-27(23)25)36(47)41-31(22-33(43)44)35(46)40-30(34(39)45)21-26-16-10-14-24-12-6-8-18-28(24)26/h5-18,29-32H,3-4,19-22,38H2,1-2H3,(H2,39,45)(H,40,46)(H,41,47)(H,43,44)/t29-,30-,31-,32-/m0/s1. The number of fused-ring (bicyclic) bond motifs is 2. The third-order valence-corrected chi connectivity index (χ3v) is 8.56. The molecule has 0 spiro atoms. The van der Waals surface area contributed by atoms with Crippen LogP contribution in [0.15, 0.2) is 84.9 Å². The molecule has 48 heavy (non-hydrogen) atoms. The van der Waals surface area contributed by atoms with Crippen LogP contribution in [0.3, 0.4) is 0 Å². The number of nitrogens with one attached hydrogen (secondary N) is 2. The fraction of sp³-hybridized carbons (Fsp3) is 0.324. The van der Waals surface area contributed by atoms with E-state index in [0.717, 1.165) is 39.1 Å². The minimum Gasteiger partial charge on any atom is -0.481 e. The summed E-state index contributed by atoms with van der Waals surface area (Å²) in [6.07, 6.45) is 1.11. The van der Waals surface area contributed by atoms with Crippen molar-refractivity contribution in [1.82, 2.24) is 15.5 Å². The van der Waals surface area contributed by atoms with Gasteiger partial charge in [0.15, 0.2) is 0 Å². The first-order valence-corrected chi connectivity index (χ1v) is 16.1. The molecule has 0 heterocycles. The minimum atomic E-state index is -1.54. The van der Waals surface area contributed by atoms with Gasteiger partial charge in [0.25, 0.3) is 0 Å². The zero-order chi connectivity index (χ0) is 34.8. The summed E-state index contributed by atoms with van der Waals surface area (Å²) in [7, 11) is 1.48. The molecule has 0 aliphatic heterocycles. The molecule has 4 amide bonds. The zero-order valence-electron chi connectivity index (χ0n) is 27.2. The topological polar surface area (TPSA) is 185 Å². The SMILES string of the molecule is CCCC[C@@H](C(=O)N[C@@H](CC(=O)O)C(=O)N[C@@H](Cc1cccc2ccccc12)C(N)=O)N(C)C(=O)[C@@H](N)Cc1cccc2ccccc12. The van der Waals surface area contributed by atoms with Crippen LogP contribution in [-0.2, 0) is 36.8 Å². The molecule has 11 nitrogen and oxygen atoms in total. The van der Waals surface area contributed by atoms with E-state index in [1.807, 2.05) is 91.9 Å². The summed E-state index contributed by atoms with van der Waals surface area (Å²) in [6, 6.07) is 22.0. The second-order valence-corrected chi connectivity index (χ2v) is 12.0. The van der Waals surface area contributed by atoms with Gasteiger partial charge in [0.05, 0.1) is 12.5 Å². The Hall–Kier alpha value is -5.29. The second-order valence-electron chi connectivity index (χ2n) is 12.0. The first kappa shape index (κ1) is 35.6. The number of likely N-dealkylation sites (N-methyl/N-ethyl adjacent to an activating group) is 1. The Kier molecular flexibility index (Phi) is 12.2. The van der Waals surface area contributed by atoms with E-state index in [9.17, 15) is 29.1 Å². The molecule has 252 valence electrons. The third kappa shape index (κ3) is 8.95. The summed E-state index contributed by atoms with van der Waals surface area (Å²) in [5, 5.41) is 18.5. The van der Waals surface area contributed by atoms with E-state index >= 15 is 0 Å². The molecule has 4 aromatic carbocycles. The van der Waals surface area contributed by atoms with Crippen molar-refractivity contribution in [1.29, 1.82) is 0 Å². The molecule has 7 N–H and O–H groups in total. The van der Waals surface area contributed by atoms with Crippen molar-refractivity contribution >= 4 is 51.1 Å². The summed E-state index contributed by atoms with van der Waals surface area (Å²) in [4.78, 5) is 66.2. The fourth-order valence-electron chi connectivity index (χ4n) is 5.95. The Morgan fingerprint density at radius 2 is 1.27 bits per heavy atom. The number of carboxylic acid groups (broad SMARTS) is 1. The van der Waals surface area contributed by atoms with Gasteiger partial charge in [-0.3, -0.25) is 24.0 Å². The van der Waals surface area contributed by atoms with Crippen molar-refractivity contribution in [3.63, 3.8) is 0 Å². The Balaban J connectivity index is 1.49.